The van der Waals surface area contributed by atoms with Crippen LogP contribution in [-0.2, 0) is 12.8 Å². The highest BCUT2D eigenvalue weighted by Crippen LogP contribution is 2.24. The van der Waals surface area contributed by atoms with Crippen LogP contribution in [0.4, 0.5) is 0 Å². The van der Waals surface area contributed by atoms with E-state index in [1.807, 2.05) is 54.6 Å². The number of aromatic nitrogens is 2. The van der Waals surface area contributed by atoms with Gasteiger partial charge >= 0.3 is 0 Å². The van der Waals surface area contributed by atoms with Crippen molar-refractivity contribution < 1.29 is 0 Å². The van der Waals surface area contributed by atoms with Crippen molar-refractivity contribution in [2.75, 3.05) is 0 Å². The maximum absolute atomic E-state index is 12.7. The molecule has 0 aliphatic heterocycles. The quantitative estimate of drug-likeness (QED) is 0.317. The minimum Gasteiger partial charge on any atom is -0.290 e. The van der Waals surface area contributed by atoms with Crippen LogP contribution < -0.4 is 5.56 Å². The molecule has 4 heteroatoms. The molecule has 0 amide bonds. The third-order valence-corrected chi connectivity index (χ3v) is 5.21. The van der Waals surface area contributed by atoms with Gasteiger partial charge in [-0.15, -0.1) is 0 Å². The lowest BCUT2D eigenvalue weighted by Crippen LogP contribution is -2.20. The van der Waals surface area contributed by atoms with Crippen LogP contribution in [0.3, 0.4) is 0 Å². The highest BCUT2D eigenvalue weighted by molar-refractivity contribution is 7.98. The first-order chi connectivity index (χ1) is 11.7. The molecule has 0 unspecified atom stereocenters. The van der Waals surface area contributed by atoms with Gasteiger partial charge in [0.25, 0.3) is 5.56 Å². The Bertz CT molecular complexity index is 1090. The summed E-state index contributed by atoms with van der Waals surface area (Å²) in [5.74, 6) is 0.792. The number of hydrogen-bond acceptors (Lipinski definition) is 3. The van der Waals surface area contributed by atoms with E-state index in [1.54, 1.807) is 23.4 Å². The first-order valence-corrected chi connectivity index (χ1v) is 8.77. The summed E-state index contributed by atoms with van der Waals surface area (Å²) in [4.78, 5) is 17.4. The van der Waals surface area contributed by atoms with Gasteiger partial charge in [-0.3, -0.25) is 9.36 Å². The summed E-state index contributed by atoms with van der Waals surface area (Å²) in [6.07, 6.45) is 0. The summed E-state index contributed by atoms with van der Waals surface area (Å²) in [5, 5.41) is 3.57. The molecule has 1 heterocycles. The Morgan fingerprint density at radius 3 is 2.38 bits per heavy atom. The van der Waals surface area contributed by atoms with Crippen LogP contribution in [0.1, 0.15) is 5.56 Å². The van der Waals surface area contributed by atoms with Gasteiger partial charge in [-0.2, -0.15) is 0 Å². The van der Waals surface area contributed by atoms with E-state index >= 15 is 0 Å². The topological polar surface area (TPSA) is 34.9 Å². The van der Waals surface area contributed by atoms with Crippen molar-refractivity contribution in [2.24, 2.45) is 7.05 Å². The van der Waals surface area contributed by atoms with Gasteiger partial charge in [-0.05, 0) is 28.5 Å². The van der Waals surface area contributed by atoms with Crippen molar-refractivity contribution in [1.29, 1.82) is 0 Å². The Morgan fingerprint density at radius 1 is 0.958 bits per heavy atom. The summed E-state index contributed by atoms with van der Waals surface area (Å²) < 4.78 is 1.64. The molecule has 0 atom stereocenters. The molecule has 0 bridgehead atoms. The van der Waals surface area contributed by atoms with Crippen molar-refractivity contribution >= 4 is 33.4 Å². The molecule has 3 aromatic carbocycles. The van der Waals surface area contributed by atoms with E-state index in [1.165, 1.54) is 5.56 Å². The smallest absolute Gasteiger partial charge is 0.261 e. The molecule has 0 saturated carbocycles. The van der Waals surface area contributed by atoms with Gasteiger partial charge < -0.3 is 0 Å². The standard InChI is InChI=1S/C20H16N2OS/c1-22-19(23)17-11-15-9-5-6-10-16(15)12-18(17)21-20(22)24-13-14-7-3-2-4-8-14/h2-12H,13H2,1H3. The Morgan fingerprint density at radius 2 is 1.62 bits per heavy atom. The lowest BCUT2D eigenvalue weighted by molar-refractivity contribution is 0.726. The number of rotatable bonds is 3. The van der Waals surface area contributed by atoms with Crippen LogP contribution in [0, 0.1) is 0 Å². The highest BCUT2D eigenvalue weighted by Gasteiger charge is 2.10. The Balaban J connectivity index is 1.80. The Hall–Kier alpha value is -2.59. The summed E-state index contributed by atoms with van der Waals surface area (Å²) in [6.45, 7) is 0. The van der Waals surface area contributed by atoms with Gasteiger partial charge in [0.05, 0.1) is 10.9 Å². The molecule has 0 aliphatic carbocycles. The summed E-state index contributed by atoms with van der Waals surface area (Å²) in [6, 6.07) is 22.2. The largest absolute Gasteiger partial charge is 0.290 e. The van der Waals surface area contributed by atoms with Gasteiger partial charge in [0.15, 0.2) is 5.16 Å². The van der Waals surface area contributed by atoms with Crippen LogP contribution >= 0.6 is 11.8 Å². The summed E-state index contributed by atoms with van der Waals surface area (Å²) in [5.41, 5.74) is 1.98. The predicted octanol–water partition coefficient (Wildman–Crippen LogP) is 4.38. The van der Waals surface area contributed by atoms with Crippen LogP contribution in [-0.4, -0.2) is 9.55 Å². The number of thioether (sulfide) groups is 1. The van der Waals surface area contributed by atoms with E-state index in [0.717, 1.165) is 27.2 Å². The van der Waals surface area contributed by atoms with E-state index in [0.29, 0.717) is 5.39 Å². The minimum absolute atomic E-state index is 0.00122. The number of fused-ring (bicyclic) bond motifs is 2. The monoisotopic (exact) mass is 332 g/mol. The van der Waals surface area contributed by atoms with Crippen molar-refractivity contribution in [3.63, 3.8) is 0 Å². The lowest BCUT2D eigenvalue weighted by Gasteiger charge is -2.09. The van der Waals surface area contributed by atoms with Crippen molar-refractivity contribution in [3.8, 4) is 0 Å². The Labute approximate surface area is 144 Å². The molecule has 0 aliphatic rings. The van der Waals surface area contributed by atoms with Crippen LogP contribution in [0.25, 0.3) is 21.7 Å². The van der Waals surface area contributed by atoms with E-state index < -0.39 is 0 Å². The molecule has 0 fully saturated rings. The van der Waals surface area contributed by atoms with Crippen LogP contribution in [0.2, 0.25) is 0 Å². The molecule has 0 spiro atoms. The van der Waals surface area contributed by atoms with E-state index in [9.17, 15) is 4.79 Å². The van der Waals surface area contributed by atoms with Gasteiger partial charge in [0, 0.05) is 12.8 Å². The summed E-state index contributed by atoms with van der Waals surface area (Å²) >= 11 is 1.59. The zero-order valence-corrected chi connectivity index (χ0v) is 14.1. The van der Waals surface area contributed by atoms with E-state index in [4.69, 9.17) is 4.98 Å². The molecule has 1 aromatic heterocycles. The molecule has 118 valence electrons. The fourth-order valence-corrected chi connectivity index (χ4v) is 3.72. The van der Waals surface area contributed by atoms with Crippen LogP contribution in [0.15, 0.2) is 76.7 Å². The van der Waals surface area contributed by atoms with Crippen molar-refractivity contribution in [3.05, 3.63) is 82.6 Å². The zero-order chi connectivity index (χ0) is 16.5. The first kappa shape index (κ1) is 15.0. The molecule has 0 N–H and O–H groups in total. The SMILES string of the molecule is Cn1c(SCc2ccccc2)nc2cc3ccccc3cc2c1=O. The normalized spacial score (nSPS) is 11.2. The molecule has 0 radical (unpaired) electrons. The van der Waals surface area contributed by atoms with E-state index in [2.05, 4.69) is 12.1 Å². The minimum atomic E-state index is 0.00122. The van der Waals surface area contributed by atoms with Crippen molar-refractivity contribution in [2.45, 2.75) is 10.9 Å². The van der Waals surface area contributed by atoms with Crippen molar-refractivity contribution in [1.82, 2.24) is 9.55 Å². The molecular weight excluding hydrogens is 316 g/mol. The fourth-order valence-electron chi connectivity index (χ4n) is 2.79. The molecule has 3 nitrogen and oxygen atoms in total. The number of benzene rings is 3. The average molecular weight is 332 g/mol. The first-order valence-electron chi connectivity index (χ1n) is 7.78. The predicted molar refractivity (Wildman–Crippen MR) is 100 cm³/mol. The molecule has 4 rings (SSSR count). The van der Waals surface area contributed by atoms with Gasteiger partial charge in [-0.25, -0.2) is 4.98 Å². The average Bonchev–Trinajstić information content (AvgIpc) is 2.63. The fraction of sp³-hybridized carbons (Fsp3) is 0.100. The second-order valence-electron chi connectivity index (χ2n) is 5.75. The molecule has 24 heavy (non-hydrogen) atoms. The highest BCUT2D eigenvalue weighted by atomic mass is 32.2. The van der Waals surface area contributed by atoms with Gasteiger partial charge in [0.1, 0.15) is 0 Å². The van der Waals surface area contributed by atoms with Gasteiger partial charge in [-0.1, -0.05) is 66.4 Å². The van der Waals surface area contributed by atoms with E-state index in [-0.39, 0.29) is 5.56 Å². The van der Waals surface area contributed by atoms with Crippen LogP contribution in [0.5, 0.6) is 0 Å². The zero-order valence-electron chi connectivity index (χ0n) is 13.3. The summed E-state index contributed by atoms with van der Waals surface area (Å²) in [7, 11) is 1.79. The third kappa shape index (κ3) is 2.69. The number of nitrogens with zero attached hydrogens (tertiary/aromatic N) is 2. The van der Waals surface area contributed by atoms with Gasteiger partial charge in [0.2, 0.25) is 0 Å². The molecule has 0 saturated heterocycles. The number of hydrogen-bond donors (Lipinski definition) is 0. The Kier molecular flexibility index (Phi) is 3.82. The molecular formula is C20H16N2OS. The second-order valence-corrected chi connectivity index (χ2v) is 6.69. The third-order valence-electron chi connectivity index (χ3n) is 4.11. The lowest BCUT2D eigenvalue weighted by atomic mass is 10.1. The molecule has 4 aromatic rings. The second kappa shape index (κ2) is 6.13. The maximum atomic E-state index is 12.7. The maximum Gasteiger partial charge on any atom is 0.261 e.